The Morgan fingerprint density at radius 2 is 2.22 bits per heavy atom. The second-order valence-electron chi connectivity index (χ2n) is 5.50. The maximum Gasteiger partial charge on any atom is 0.129 e. The Hall–Kier alpha value is -0.640. The predicted octanol–water partition coefficient (Wildman–Crippen LogP) is 2.67. The fourth-order valence-corrected chi connectivity index (χ4v) is 3.03. The number of nitrogens with zero attached hydrogens (tertiary/aromatic N) is 2. The molecule has 1 heterocycles. The number of pyridine rings is 1. The van der Waals surface area contributed by atoms with Crippen LogP contribution in [0.15, 0.2) is 18.3 Å². The van der Waals surface area contributed by atoms with Gasteiger partial charge in [-0.1, -0.05) is 30.5 Å². The van der Waals surface area contributed by atoms with Crippen LogP contribution in [0.4, 0.5) is 0 Å². The highest BCUT2D eigenvalue weighted by atomic mass is 35.5. The van der Waals surface area contributed by atoms with Crippen molar-refractivity contribution in [3.05, 3.63) is 29.0 Å². The fourth-order valence-electron chi connectivity index (χ4n) is 2.92. The molecule has 1 aromatic rings. The van der Waals surface area contributed by atoms with E-state index >= 15 is 0 Å². The van der Waals surface area contributed by atoms with Crippen LogP contribution in [0.25, 0.3) is 0 Å². The molecule has 1 fully saturated rings. The molecule has 0 radical (unpaired) electrons. The summed E-state index contributed by atoms with van der Waals surface area (Å²) in [4.78, 5) is 6.25. The van der Waals surface area contributed by atoms with Crippen LogP contribution in [0.3, 0.4) is 0 Å². The van der Waals surface area contributed by atoms with Gasteiger partial charge in [0, 0.05) is 24.2 Å². The van der Waals surface area contributed by atoms with Crippen molar-refractivity contribution in [1.29, 1.82) is 0 Å². The molecule has 2 rings (SSSR count). The van der Waals surface area contributed by atoms with Gasteiger partial charge in [0.1, 0.15) is 5.15 Å². The van der Waals surface area contributed by atoms with E-state index in [1.807, 2.05) is 6.07 Å². The monoisotopic (exact) mass is 268 g/mol. The molecule has 100 valence electrons. The summed E-state index contributed by atoms with van der Waals surface area (Å²) < 4.78 is 0. The number of rotatable bonds is 3. The van der Waals surface area contributed by atoms with E-state index < -0.39 is 5.60 Å². The standard InChI is InChI=1S/C14H21ClN2O/c1-17(2)10-12-5-3-4-8-14(12,18)11-6-7-13(15)16-9-11/h6-7,9,12,18H,3-5,8,10H2,1-2H3/t12-,14-/m0/s1. The Bertz CT molecular complexity index is 393. The molecule has 2 atom stereocenters. The minimum Gasteiger partial charge on any atom is -0.385 e. The first-order chi connectivity index (χ1) is 8.52. The summed E-state index contributed by atoms with van der Waals surface area (Å²) in [5.41, 5.74) is 0.151. The van der Waals surface area contributed by atoms with Crippen molar-refractivity contribution in [3.63, 3.8) is 0 Å². The topological polar surface area (TPSA) is 36.4 Å². The highest BCUT2D eigenvalue weighted by Gasteiger charge is 2.40. The summed E-state index contributed by atoms with van der Waals surface area (Å²) in [5, 5.41) is 11.5. The van der Waals surface area contributed by atoms with E-state index in [-0.39, 0.29) is 5.92 Å². The van der Waals surface area contributed by atoms with Crippen LogP contribution in [0.1, 0.15) is 31.2 Å². The molecule has 3 nitrogen and oxygen atoms in total. The number of hydrogen-bond donors (Lipinski definition) is 1. The van der Waals surface area contributed by atoms with Crippen LogP contribution >= 0.6 is 11.6 Å². The Morgan fingerprint density at radius 1 is 1.44 bits per heavy atom. The van der Waals surface area contributed by atoms with Gasteiger partial charge in [-0.2, -0.15) is 0 Å². The van der Waals surface area contributed by atoms with Gasteiger partial charge < -0.3 is 10.0 Å². The first-order valence-electron chi connectivity index (χ1n) is 6.51. The zero-order chi connectivity index (χ0) is 13.2. The van der Waals surface area contributed by atoms with E-state index in [2.05, 4.69) is 24.0 Å². The van der Waals surface area contributed by atoms with E-state index in [0.717, 1.165) is 31.4 Å². The van der Waals surface area contributed by atoms with Gasteiger partial charge in [0.05, 0.1) is 5.60 Å². The molecule has 18 heavy (non-hydrogen) atoms. The van der Waals surface area contributed by atoms with Gasteiger partial charge in [-0.3, -0.25) is 0 Å². The highest BCUT2D eigenvalue weighted by molar-refractivity contribution is 6.29. The lowest BCUT2D eigenvalue weighted by Gasteiger charge is -2.41. The molecule has 1 saturated carbocycles. The van der Waals surface area contributed by atoms with Crippen molar-refractivity contribution >= 4 is 11.6 Å². The van der Waals surface area contributed by atoms with Crippen LogP contribution < -0.4 is 0 Å². The summed E-state index contributed by atoms with van der Waals surface area (Å²) >= 11 is 5.82. The van der Waals surface area contributed by atoms with E-state index in [1.54, 1.807) is 12.3 Å². The summed E-state index contributed by atoms with van der Waals surface area (Å²) in [5.74, 6) is 0.268. The number of halogens is 1. The summed E-state index contributed by atoms with van der Waals surface area (Å²) in [6.07, 6.45) is 5.87. The van der Waals surface area contributed by atoms with Gasteiger partial charge in [0.2, 0.25) is 0 Å². The fraction of sp³-hybridized carbons (Fsp3) is 0.643. The van der Waals surface area contributed by atoms with Crippen LogP contribution in [0.2, 0.25) is 5.15 Å². The molecule has 0 bridgehead atoms. The third-order valence-electron chi connectivity index (χ3n) is 3.85. The molecular formula is C14H21ClN2O. The summed E-state index contributed by atoms with van der Waals surface area (Å²) in [6.45, 7) is 0.902. The van der Waals surface area contributed by atoms with Gasteiger partial charge in [-0.25, -0.2) is 4.98 Å². The zero-order valence-corrected chi connectivity index (χ0v) is 11.8. The van der Waals surface area contributed by atoms with Crippen LogP contribution in [0, 0.1) is 5.92 Å². The van der Waals surface area contributed by atoms with E-state index in [1.165, 1.54) is 6.42 Å². The molecule has 0 spiro atoms. The minimum atomic E-state index is -0.750. The van der Waals surface area contributed by atoms with Gasteiger partial charge in [-0.15, -0.1) is 0 Å². The maximum atomic E-state index is 11.0. The van der Waals surface area contributed by atoms with Gasteiger partial charge >= 0.3 is 0 Å². The van der Waals surface area contributed by atoms with Gasteiger partial charge in [-0.05, 0) is 33.0 Å². The largest absolute Gasteiger partial charge is 0.385 e. The molecule has 4 heteroatoms. The first-order valence-corrected chi connectivity index (χ1v) is 6.89. The lowest BCUT2D eigenvalue weighted by molar-refractivity contribution is -0.0620. The second kappa shape index (κ2) is 5.55. The SMILES string of the molecule is CN(C)C[C@@H]1CCCC[C@]1(O)c1ccc(Cl)nc1. The van der Waals surface area contributed by atoms with E-state index in [4.69, 9.17) is 11.6 Å². The van der Waals surface area contributed by atoms with Crippen molar-refractivity contribution in [2.24, 2.45) is 5.92 Å². The molecule has 0 amide bonds. The molecule has 0 saturated heterocycles. The Kier molecular flexibility index (Phi) is 4.25. The first kappa shape index (κ1) is 13.8. The molecule has 1 aliphatic carbocycles. The zero-order valence-electron chi connectivity index (χ0n) is 11.1. The average Bonchev–Trinajstić information content (AvgIpc) is 2.32. The second-order valence-corrected chi connectivity index (χ2v) is 5.89. The number of aliphatic hydroxyl groups is 1. The van der Waals surface area contributed by atoms with Crippen LogP contribution in [0.5, 0.6) is 0 Å². The predicted molar refractivity (Wildman–Crippen MR) is 73.7 cm³/mol. The quantitative estimate of drug-likeness (QED) is 0.857. The molecule has 1 aromatic heterocycles. The summed E-state index contributed by atoms with van der Waals surface area (Å²) in [6, 6.07) is 3.67. The average molecular weight is 269 g/mol. The van der Waals surface area contributed by atoms with E-state index in [9.17, 15) is 5.11 Å². The summed E-state index contributed by atoms with van der Waals surface area (Å²) in [7, 11) is 4.10. The van der Waals surface area contributed by atoms with Crippen LogP contribution in [-0.2, 0) is 5.60 Å². The molecule has 0 unspecified atom stereocenters. The van der Waals surface area contributed by atoms with Gasteiger partial charge in [0.25, 0.3) is 0 Å². The smallest absolute Gasteiger partial charge is 0.129 e. The normalized spacial score (nSPS) is 28.6. The highest BCUT2D eigenvalue weighted by Crippen LogP contribution is 2.41. The van der Waals surface area contributed by atoms with Crippen molar-refractivity contribution in [2.45, 2.75) is 31.3 Å². The molecule has 0 aliphatic heterocycles. The molecule has 1 aliphatic rings. The van der Waals surface area contributed by atoms with Crippen molar-refractivity contribution in [2.75, 3.05) is 20.6 Å². The van der Waals surface area contributed by atoms with Crippen molar-refractivity contribution in [3.8, 4) is 0 Å². The number of aromatic nitrogens is 1. The molecule has 1 N–H and O–H groups in total. The molecular weight excluding hydrogens is 248 g/mol. The Morgan fingerprint density at radius 3 is 2.83 bits per heavy atom. The van der Waals surface area contributed by atoms with Crippen molar-refractivity contribution < 1.29 is 5.11 Å². The third-order valence-corrected chi connectivity index (χ3v) is 4.07. The van der Waals surface area contributed by atoms with E-state index in [0.29, 0.717) is 5.15 Å². The third kappa shape index (κ3) is 2.85. The molecule has 0 aromatic carbocycles. The lowest BCUT2D eigenvalue weighted by Crippen LogP contribution is -2.43. The Labute approximate surface area is 114 Å². The lowest BCUT2D eigenvalue weighted by atomic mass is 9.71. The maximum absolute atomic E-state index is 11.0. The number of hydrogen-bond acceptors (Lipinski definition) is 3. The van der Waals surface area contributed by atoms with Crippen LogP contribution in [-0.4, -0.2) is 35.6 Å². The van der Waals surface area contributed by atoms with Gasteiger partial charge in [0.15, 0.2) is 0 Å². The Balaban J connectivity index is 2.26. The van der Waals surface area contributed by atoms with Crippen molar-refractivity contribution in [1.82, 2.24) is 9.88 Å². The minimum absolute atomic E-state index is 0.268.